The van der Waals surface area contributed by atoms with Crippen molar-refractivity contribution >= 4 is 51.6 Å². The number of likely N-dealkylation sites (tertiary alicyclic amines) is 1. The lowest BCUT2D eigenvalue weighted by molar-refractivity contribution is 0.131. The minimum absolute atomic E-state index is 0.176. The van der Waals surface area contributed by atoms with Gasteiger partial charge in [0.1, 0.15) is 5.82 Å². The van der Waals surface area contributed by atoms with Gasteiger partial charge in [-0.25, -0.2) is 9.78 Å². The molecule has 3 heterocycles. The fourth-order valence-corrected chi connectivity index (χ4v) is 7.02. The van der Waals surface area contributed by atoms with E-state index in [4.69, 9.17) is 16.3 Å². The number of nitrogens with zero attached hydrogens (tertiary/aromatic N) is 3. The van der Waals surface area contributed by atoms with Gasteiger partial charge in [-0.15, -0.1) is 11.8 Å². The molecule has 4 rings (SSSR count). The maximum Gasteiger partial charge on any atom is 0.409 e. The summed E-state index contributed by atoms with van der Waals surface area (Å²) in [6.07, 6.45) is 7.09. The van der Waals surface area contributed by atoms with Crippen molar-refractivity contribution in [3.63, 3.8) is 0 Å². The number of methoxy groups -OCH3 is 1. The summed E-state index contributed by atoms with van der Waals surface area (Å²) in [6.45, 7) is 8.65. The Kier molecular flexibility index (Phi) is 8.00. The van der Waals surface area contributed by atoms with Crippen LogP contribution < -0.4 is 10.2 Å². The topological polar surface area (TPSA) is 57.7 Å². The maximum absolute atomic E-state index is 12.2. The van der Waals surface area contributed by atoms with Gasteiger partial charge in [0.25, 0.3) is 0 Å². The number of thiazole rings is 1. The Bertz CT molecular complexity index is 1060. The van der Waals surface area contributed by atoms with Gasteiger partial charge in [-0.1, -0.05) is 43.2 Å². The third kappa shape index (κ3) is 5.19. The van der Waals surface area contributed by atoms with E-state index in [9.17, 15) is 4.79 Å². The number of benzene rings is 1. The molecule has 0 aliphatic carbocycles. The minimum atomic E-state index is -0.274. The first-order chi connectivity index (χ1) is 16.4. The van der Waals surface area contributed by atoms with Crippen LogP contribution in [-0.4, -0.2) is 48.5 Å². The van der Waals surface area contributed by atoms with Crippen LogP contribution in [0, 0.1) is 5.92 Å². The molecule has 1 spiro atoms. The van der Waals surface area contributed by atoms with Crippen LogP contribution in [-0.2, 0) is 10.2 Å². The van der Waals surface area contributed by atoms with Crippen LogP contribution in [0.1, 0.15) is 45.6 Å². The van der Waals surface area contributed by atoms with Crippen molar-refractivity contribution in [2.45, 2.75) is 49.7 Å². The van der Waals surface area contributed by atoms with Crippen molar-refractivity contribution in [2.24, 2.45) is 5.92 Å². The predicted octanol–water partition coefficient (Wildman–Crippen LogP) is 6.83. The number of halogens is 1. The molecule has 1 aromatic heterocycles. The Morgan fingerprint density at radius 2 is 2.26 bits per heavy atom. The zero-order chi connectivity index (χ0) is 24.3. The number of anilines is 2. The number of rotatable bonds is 8. The van der Waals surface area contributed by atoms with E-state index in [1.165, 1.54) is 29.7 Å². The highest BCUT2D eigenvalue weighted by Gasteiger charge is 2.49. The van der Waals surface area contributed by atoms with Gasteiger partial charge in [0, 0.05) is 35.8 Å². The molecular weight excluding hydrogens is 488 g/mol. The molecule has 1 fully saturated rings. The molecule has 1 saturated heterocycles. The number of carbonyl (C=O) groups is 1. The van der Waals surface area contributed by atoms with E-state index >= 15 is 0 Å². The molecule has 0 saturated carbocycles. The van der Waals surface area contributed by atoms with Crippen LogP contribution in [0.4, 0.5) is 15.6 Å². The number of thioether (sulfide) groups is 1. The normalized spacial score (nSPS) is 20.7. The van der Waals surface area contributed by atoms with Crippen LogP contribution in [0.15, 0.2) is 40.5 Å². The number of amides is 1. The standard InChI is InChI=1S/C25H33ClN4O2S2/c1-5-17(3)9-12-33-22-14-27-23(34-22)28-21(6-2)30-16-25(10-11-29(15-25)24(31)32-4)19-13-18(26)7-8-20(19)30/h6-8,13-14,17H,5,9-12,15-16H2,1-4H3,(H,27,28). The quantitative estimate of drug-likeness (QED) is 0.385. The zero-order valence-electron chi connectivity index (χ0n) is 20.3. The van der Waals surface area contributed by atoms with E-state index in [1.807, 2.05) is 30.9 Å². The number of hydrogen-bond acceptors (Lipinski definition) is 7. The number of fused-ring (bicyclic) bond motifs is 2. The van der Waals surface area contributed by atoms with Gasteiger partial charge in [0.15, 0.2) is 5.13 Å². The van der Waals surface area contributed by atoms with E-state index < -0.39 is 0 Å². The Labute approximate surface area is 215 Å². The number of carbonyl (C=O) groups excluding carboxylic acids is 1. The molecule has 6 nitrogen and oxygen atoms in total. The van der Waals surface area contributed by atoms with Crippen molar-refractivity contribution < 1.29 is 9.53 Å². The summed E-state index contributed by atoms with van der Waals surface area (Å²) in [6, 6.07) is 6.07. The third-order valence-corrected chi connectivity index (χ3v) is 9.28. The molecular formula is C25H33ClN4O2S2. The van der Waals surface area contributed by atoms with Crippen LogP contribution in [0.3, 0.4) is 0 Å². The maximum atomic E-state index is 12.2. The summed E-state index contributed by atoms with van der Waals surface area (Å²) in [5, 5.41) is 5.15. The molecule has 9 heteroatoms. The second-order valence-electron chi connectivity index (χ2n) is 9.10. The second-order valence-corrected chi connectivity index (χ2v) is 12.0. The molecule has 1 aromatic carbocycles. The van der Waals surface area contributed by atoms with E-state index in [-0.39, 0.29) is 11.5 Å². The van der Waals surface area contributed by atoms with Gasteiger partial charge in [0.05, 0.1) is 17.5 Å². The first kappa shape index (κ1) is 25.2. The fourth-order valence-electron chi connectivity index (χ4n) is 4.72. The lowest BCUT2D eigenvalue weighted by atomic mass is 9.81. The lowest BCUT2D eigenvalue weighted by Gasteiger charge is -2.27. The second kappa shape index (κ2) is 10.8. The monoisotopic (exact) mass is 520 g/mol. The largest absolute Gasteiger partial charge is 0.453 e. The van der Waals surface area contributed by atoms with Crippen molar-refractivity contribution in [3.05, 3.63) is 46.9 Å². The molecule has 2 aromatic rings. The molecule has 2 aliphatic heterocycles. The smallest absolute Gasteiger partial charge is 0.409 e. The van der Waals surface area contributed by atoms with Gasteiger partial charge in [-0.2, -0.15) is 0 Å². The Balaban J connectivity index is 1.51. The van der Waals surface area contributed by atoms with Crippen molar-refractivity contribution in [1.29, 1.82) is 0 Å². The molecule has 184 valence electrons. The Morgan fingerprint density at radius 3 is 3.00 bits per heavy atom. The summed E-state index contributed by atoms with van der Waals surface area (Å²) in [5.41, 5.74) is 2.13. The molecule has 34 heavy (non-hydrogen) atoms. The van der Waals surface area contributed by atoms with E-state index in [1.54, 1.807) is 16.2 Å². The number of allylic oxidation sites excluding steroid dienone is 1. The molecule has 1 N–H and O–H groups in total. The summed E-state index contributed by atoms with van der Waals surface area (Å²) in [4.78, 5) is 20.9. The third-order valence-electron chi connectivity index (χ3n) is 6.90. The summed E-state index contributed by atoms with van der Waals surface area (Å²) in [5.74, 6) is 2.86. The Morgan fingerprint density at radius 1 is 1.44 bits per heavy atom. The summed E-state index contributed by atoms with van der Waals surface area (Å²) >= 11 is 9.98. The van der Waals surface area contributed by atoms with Gasteiger partial charge in [0.2, 0.25) is 0 Å². The van der Waals surface area contributed by atoms with Gasteiger partial charge in [-0.3, -0.25) is 0 Å². The molecule has 0 radical (unpaired) electrons. The highest BCUT2D eigenvalue weighted by molar-refractivity contribution is 8.01. The molecule has 2 unspecified atom stereocenters. The van der Waals surface area contributed by atoms with E-state index in [2.05, 4.69) is 47.3 Å². The van der Waals surface area contributed by atoms with E-state index in [0.717, 1.165) is 41.3 Å². The Hall–Kier alpha value is -1.90. The van der Waals surface area contributed by atoms with E-state index in [0.29, 0.717) is 18.1 Å². The SMILES string of the molecule is CC=C(Nc1ncc(SCCC(C)CC)s1)N1CC2(CCN(C(=O)OC)C2)c2cc(Cl)ccc21. The number of hydrogen-bond donors (Lipinski definition) is 1. The number of ether oxygens (including phenoxy) is 1. The number of aromatic nitrogens is 1. The van der Waals surface area contributed by atoms with Crippen LogP contribution in [0.25, 0.3) is 0 Å². The molecule has 2 aliphatic rings. The van der Waals surface area contributed by atoms with Gasteiger partial charge in [-0.05, 0) is 61.3 Å². The first-order valence-electron chi connectivity index (χ1n) is 11.8. The van der Waals surface area contributed by atoms with Crippen molar-refractivity contribution in [3.8, 4) is 0 Å². The van der Waals surface area contributed by atoms with Crippen molar-refractivity contribution in [2.75, 3.05) is 42.7 Å². The fraction of sp³-hybridized carbons (Fsp3) is 0.520. The molecule has 0 bridgehead atoms. The lowest BCUT2D eigenvalue weighted by Crippen LogP contribution is -2.38. The average Bonchev–Trinajstić information content (AvgIpc) is 3.55. The van der Waals surface area contributed by atoms with Crippen LogP contribution in [0.2, 0.25) is 5.02 Å². The summed E-state index contributed by atoms with van der Waals surface area (Å²) in [7, 11) is 1.44. The van der Waals surface area contributed by atoms with Crippen LogP contribution in [0.5, 0.6) is 0 Å². The highest BCUT2D eigenvalue weighted by Crippen LogP contribution is 2.48. The van der Waals surface area contributed by atoms with Crippen LogP contribution >= 0.6 is 34.7 Å². The molecule has 2 atom stereocenters. The average molecular weight is 521 g/mol. The van der Waals surface area contributed by atoms with Gasteiger partial charge < -0.3 is 19.9 Å². The minimum Gasteiger partial charge on any atom is -0.453 e. The summed E-state index contributed by atoms with van der Waals surface area (Å²) < 4.78 is 6.22. The zero-order valence-corrected chi connectivity index (χ0v) is 22.7. The first-order valence-corrected chi connectivity index (χ1v) is 14.0. The van der Waals surface area contributed by atoms with Crippen molar-refractivity contribution in [1.82, 2.24) is 9.88 Å². The highest BCUT2D eigenvalue weighted by atomic mass is 35.5. The van der Waals surface area contributed by atoms with Gasteiger partial charge >= 0.3 is 6.09 Å². The number of nitrogens with one attached hydrogen (secondary N) is 1. The predicted molar refractivity (Wildman–Crippen MR) is 143 cm³/mol. The molecule has 1 amide bonds.